The van der Waals surface area contributed by atoms with Crippen molar-refractivity contribution in [2.75, 3.05) is 19.6 Å². The van der Waals surface area contributed by atoms with Crippen molar-refractivity contribution in [1.82, 2.24) is 4.90 Å². The first-order valence-corrected chi connectivity index (χ1v) is 6.81. The summed E-state index contributed by atoms with van der Waals surface area (Å²) in [5.41, 5.74) is 1.04. The lowest BCUT2D eigenvalue weighted by Gasteiger charge is -2.26. The molecule has 0 radical (unpaired) electrons. The van der Waals surface area contributed by atoms with E-state index >= 15 is 0 Å². The number of aliphatic hydroxyl groups excluding tert-OH is 1. The number of nitrogens with zero attached hydrogens (tertiary/aromatic N) is 1. The molecular weight excluding hydrogens is 210 g/mol. The van der Waals surface area contributed by atoms with Crippen molar-refractivity contribution in [3.8, 4) is 0 Å². The molecule has 1 saturated heterocycles. The van der Waals surface area contributed by atoms with E-state index in [0.717, 1.165) is 25.2 Å². The summed E-state index contributed by atoms with van der Waals surface area (Å²) >= 11 is 0. The first-order chi connectivity index (χ1) is 8.36. The fourth-order valence-corrected chi connectivity index (χ4v) is 2.52. The normalized spacial score (nSPS) is 20.5. The average molecular weight is 233 g/mol. The summed E-state index contributed by atoms with van der Waals surface area (Å²) in [6.45, 7) is 3.07. The van der Waals surface area contributed by atoms with Gasteiger partial charge in [-0.25, -0.2) is 0 Å². The maximum atomic E-state index is 10.2. The molecule has 2 rings (SSSR count). The van der Waals surface area contributed by atoms with Crippen LogP contribution in [0.1, 0.15) is 43.8 Å². The Morgan fingerprint density at radius 3 is 2.18 bits per heavy atom. The van der Waals surface area contributed by atoms with Gasteiger partial charge in [-0.1, -0.05) is 49.6 Å². The number of likely N-dealkylation sites (tertiary alicyclic amines) is 1. The van der Waals surface area contributed by atoms with Crippen LogP contribution < -0.4 is 0 Å². The van der Waals surface area contributed by atoms with Gasteiger partial charge in [-0.3, -0.25) is 0 Å². The molecule has 0 aromatic heterocycles. The Morgan fingerprint density at radius 1 is 0.941 bits per heavy atom. The Balaban J connectivity index is 1.86. The topological polar surface area (TPSA) is 23.5 Å². The van der Waals surface area contributed by atoms with E-state index in [0.29, 0.717) is 0 Å². The predicted molar refractivity (Wildman–Crippen MR) is 70.9 cm³/mol. The highest BCUT2D eigenvalue weighted by atomic mass is 16.3. The summed E-state index contributed by atoms with van der Waals surface area (Å²) in [4.78, 5) is 2.41. The van der Waals surface area contributed by atoms with E-state index in [4.69, 9.17) is 0 Å². The van der Waals surface area contributed by atoms with Crippen LogP contribution in [0.15, 0.2) is 30.3 Å². The van der Waals surface area contributed by atoms with Crippen LogP contribution in [0.4, 0.5) is 0 Å². The van der Waals surface area contributed by atoms with E-state index in [2.05, 4.69) is 4.90 Å². The van der Waals surface area contributed by atoms with Crippen molar-refractivity contribution in [2.45, 2.75) is 38.2 Å². The fraction of sp³-hybridized carbons (Fsp3) is 0.600. The molecule has 1 aromatic rings. The molecule has 1 aromatic carbocycles. The van der Waals surface area contributed by atoms with Gasteiger partial charge in [0.1, 0.15) is 0 Å². The molecule has 0 amide bonds. The Labute approximate surface area is 104 Å². The van der Waals surface area contributed by atoms with Gasteiger partial charge in [-0.05, 0) is 31.5 Å². The first-order valence-electron chi connectivity index (χ1n) is 6.81. The van der Waals surface area contributed by atoms with Crippen LogP contribution >= 0.6 is 0 Å². The van der Waals surface area contributed by atoms with Crippen molar-refractivity contribution in [2.24, 2.45) is 0 Å². The summed E-state index contributed by atoms with van der Waals surface area (Å²) in [6, 6.07) is 9.99. The minimum Gasteiger partial charge on any atom is -0.387 e. The van der Waals surface area contributed by atoms with E-state index in [-0.39, 0.29) is 6.10 Å². The molecule has 17 heavy (non-hydrogen) atoms. The molecule has 1 N–H and O–H groups in total. The van der Waals surface area contributed by atoms with Gasteiger partial charge in [-0.15, -0.1) is 0 Å². The van der Waals surface area contributed by atoms with Crippen molar-refractivity contribution >= 4 is 0 Å². The van der Waals surface area contributed by atoms with Crippen LogP contribution in [0.5, 0.6) is 0 Å². The van der Waals surface area contributed by atoms with E-state index in [1.807, 2.05) is 30.3 Å². The number of hydrogen-bond acceptors (Lipinski definition) is 2. The van der Waals surface area contributed by atoms with Gasteiger partial charge in [0.05, 0.1) is 6.10 Å². The van der Waals surface area contributed by atoms with Gasteiger partial charge in [-0.2, -0.15) is 0 Å². The molecule has 1 aliphatic rings. The van der Waals surface area contributed by atoms with E-state index in [9.17, 15) is 5.11 Å². The van der Waals surface area contributed by atoms with Crippen LogP contribution in [0.2, 0.25) is 0 Å². The third-order valence-electron chi connectivity index (χ3n) is 3.56. The second kappa shape index (κ2) is 6.77. The smallest absolute Gasteiger partial charge is 0.0916 e. The minimum atomic E-state index is -0.337. The van der Waals surface area contributed by atoms with Gasteiger partial charge in [0.15, 0.2) is 0 Å². The monoisotopic (exact) mass is 233 g/mol. The molecule has 1 aliphatic heterocycles. The lowest BCUT2D eigenvalue weighted by atomic mass is 10.1. The van der Waals surface area contributed by atoms with Crippen LogP contribution in [0, 0.1) is 0 Å². The fourth-order valence-electron chi connectivity index (χ4n) is 2.52. The SMILES string of the molecule is O[C@@H](CN1CCCCCCC1)c1ccccc1. The summed E-state index contributed by atoms with van der Waals surface area (Å²) in [7, 11) is 0. The largest absolute Gasteiger partial charge is 0.387 e. The van der Waals surface area contributed by atoms with E-state index in [1.165, 1.54) is 32.1 Å². The van der Waals surface area contributed by atoms with Crippen LogP contribution in [0.25, 0.3) is 0 Å². The van der Waals surface area contributed by atoms with E-state index < -0.39 is 0 Å². The second-order valence-corrected chi connectivity index (χ2v) is 4.99. The maximum absolute atomic E-state index is 10.2. The maximum Gasteiger partial charge on any atom is 0.0916 e. The Bertz CT molecular complexity index is 304. The first kappa shape index (κ1) is 12.6. The number of rotatable bonds is 3. The molecule has 0 saturated carbocycles. The molecule has 94 valence electrons. The zero-order valence-corrected chi connectivity index (χ0v) is 10.5. The van der Waals surface area contributed by atoms with Gasteiger partial charge in [0.25, 0.3) is 0 Å². The second-order valence-electron chi connectivity index (χ2n) is 4.99. The third kappa shape index (κ3) is 4.14. The predicted octanol–water partition coefficient (Wildman–Crippen LogP) is 2.99. The van der Waals surface area contributed by atoms with Crippen molar-refractivity contribution in [3.05, 3.63) is 35.9 Å². The number of β-amino-alcohol motifs (C(OH)–C–C–N with tert-alkyl or cyclic N) is 1. The van der Waals surface area contributed by atoms with E-state index in [1.54, 1.807) is 0 Å². The highest BCUT2D eigenvalue weighted by Gasteiger charge is 2.14. The van der Waals surface area contributed by atoms with Crippen LogP contribution in [-0.2, 0) is 0 Å². The zero-order valence-electron chi connectivity index (χ0n) is 10.5. The number of hydrogen-bond donors (Lipinski definition) is 1. The van der Waals surface area contributed by atoms with Gasteiger partial charge < -0.3 is 10.0 Å². The lowest BCUT2D eigenvalue weighted by molar-refractivity contribution is 0.108. The Kier molecular flexibility index (Phi) is 5.02. The molecule has 1 heterocycles. The molecule has 2 nitrogen and oxygen atoms in total. The zero-order chi connectivity index (χ0) is 11.9. The summed E-state index contributed by atoms with van der Waals surface area (Å²) in [5.74, 6) is 0. The van der Waals surface area contributed by atoms with Crippen LogP contribution in [0.3, 0.4) is 0 Å². The van der Waals surface area contributed by atoms with Crippen molar-refractivity contribution < 1.29 is 5.11 Å². The molecule has 2 heteroatoms. The molecule has 1 fully saturated rings. The van der Waals surface area contributed by atoms with Gasteiger partial charge in [0, 0.05) is 6.54 Å². The third-order valence-corrected chi connectivity index (χ3v) is 3.56. The molecule has 1 atom stereocenters. The lowest BCUT2D eigenvalue weighted by Crippen LogP contribution is -2.31. The summed E-state index contributed by atoms with van der Waals surface area (Å²) in [6.07, 6.45) is 6.30. The van der Waals surface area contributed by atoms with Gasteiger partial charge >= 0.3 is 0 Å². The number of benzene rings is 1. The van der Waals surface area contributed by atoms with Crippen molar-refractivity contribution in [3.63, 3.8) is 0 Å². The quantitative estimate of drug-likeness (QED) is 0.867. The van der Waals surface area contributed by atoms with Crippen molar-refractivity contribution in [1.29, 1.82) is 0 Å². The highest BCUT2D eigenvalue weighted by molar-refractivity contribution is 5.17. The summed E-state index contributed by atoms with van der Waals surface area (Å²) in [5, 5.41) is 10.2. The Morgan fingerprint density at radius 2 is 1.53 bits per heavy atom. The standard InChI is InChI=1S/C15H23NO/c17-15(14-9-5-4-6-10-14)13-16-11-7-2-1-3-8-12-16/h4-6,9-10,15,17H,1-3,7-8,11-13H2/t15-/m0/s1. The molecule has 0 spiro atoms. The van der Waals surface area contributed by atoms with Gasteiger partial charge in [0.2, 0.25) is 0 Å². The molecule has 0 bridgehead atoms. The molecular formula is C15H23NO. The average Bonchev–Trinajstić information content (AvgIpc) is 2.33. The highest BCUT2D eigenvalue weighted by Crippen LogP contribution is 2.16. The van der Waals surface area contributed by atoms with Crippen LogP contribution in [-0.4, -0.2) is 29.6 Å². The molecule has 0 unspecified atom stereocenters. The Hall–Kier alpha value is -0.860. The number of aliphatic hydroxyl groups is 1. The minimum absolute atomic E-state index is 0.337. The summed E-state index contributed by atoms with van der Waals surface area (Å²) < 4.78 is 0. The molecule has 0 aliphatic carbocycles.